The quantitative estimate of drug-likeness (QED) is 0.618. The fourth-order valence-corrected chi connectivity index (χ4v) is 2.86. The summed E-state index contributed by atoms with van der Waals surface area (Å²) in [5.41, 5.74) is -0.271. The molecular weight excluding hydrogens is 280 g/mol. The number of piperidine rings is 1. The summed E-state index contributed by atoms with van der Waals surface area (Å²) < 4.78 is 27.6. The van der Waals surface area contributed by atoms with E-state index in [1.54, 1.807) is 0 Å². The number of halogens is 2. The number of hydrogen-bond donors (Lipinski definition) is 0. The molecule has 2 heterocycles. The maximum absolute atomic E-state index is 13.8. The Kier molecular flexibility index (Phi) is 3.86. The molecule has 0 unspecified atom stereocenters. The average molecular weight is 299 g/mol. The van der Waals surface area contributed by atoms with Crippen molar-refractivity contribution < 1.29 is 13.7 Å². The fraction of sp³-hybridized carbons (Fsp3) is 0.643. The molecule has 1 aliphatic rings. The molecule has 0 radical (unpaired) electrons. The molecule has 21 heavy (non-hydrogen) atoms. The Morgan fingerprint density at radius 2 is 2.14 bits per heavy atom. The lowest BCUT2D eigenvalue weighted by Crippen LogP contribution is -2.54. The van der Waals surface area contributed by atoms with Crippen LogP contribution in [0.1, 0.15) is 33.6 Å². The summed E-state index contributed by atoms with van der Waals surface area (Å²) in [5.74, 6) is -2.83. The summed E-state index contributed by atoms with van der Waals surface area (Å²) in [5, 5.41) is 11.1. The molecule has 2 rings (SSSR count). The first-order chi connectivity index (χ1) is 9.62. The number of alkyl halides is 2. The number of nitro groups is 1. The highest BCUT2D eigenvalue weighted by atomic mass is 19.3. The van der Waals surface area contributed by atoms with Crippen molar-refractivity contribution in [2.75, 3.05) is 11.4 Å². The highest BCUT2D eigenvalue weighted by Crippen LogP contribution is 2.42. The molecule has 1 atom stereocenters. The number of hydrogen-bond acceptors (Lipinski definition) is 4. The van der Waals surface area contributed by atoms with Crippen LogP contribution in [0, 0.1) is 15.5 Å². The first kappa shape index (κ1) is 15.6. The van der Waals surface area contributed by atoms with Crippen LogP contribution in [0.4, 0.5) is 20.2 Å². The topological polar surface area (TPSA) is 59.3 Å². The van der Waals surface area contributed by atoms with Crippen molar-refractivity contribution in [3.05, 3.63) is 28.6 Å². The Bertz CT molecular complexity index is 543. The van der Waals surface area contributed by atoms with E-state index in [1.807, 2.05) is 20.8 Å². The van der Waals surface area contributed by atoms with Crippen LogP contribution in [0.15, 0.2) is 18.5 Å². The molecule has 1 fully saturated rings. The van der Waals surface area contributed by atoms with Crippen molar-refractivity contribution in [1.82, 2.24) is 4.98 Å². The van der Waals surface area contributed by atoms with Crippen LogP contribution in [0.2, 0.25) is 0 Å². The summed E-state index contributed by atoms with van der Waals surface area (Å²) in [6.45, 7) is 5.38. The van der Waals surface area contributed by atoms with Crippen molar-refractivity contribution in [1.29, 1.82) is 0 Å². The van der Waals surface area contributed by atoms with E-state index < -0.39 is 17.4 Å². The van der Waals surface area contributed by atoms with Crippen LogP contribution >= 0.6 is 0 Å². The predicted octanol–water partition coefficient (Wildman–Crippen LogP) is 3.64. The monoisotopic (exact) mass is 299 g/mol. The number of aromatic nitrogens is 1. The molecular formula is C14H19F2N3O2. The number of anilines is 1. The van der Waals surface area contributed by atoms with Gasteiger partial charge in [-0.1, -0.05) is 20.8 Å². The lowest BCUT2D eigenvalue weighted by molar-refractivity contribution is -0.384. The van der Waals surface area contributed by atoms with Gasteiger partial charge in [0, 0.05) is 18.7 Å². The molecule has 0 saturated carbocycles. The Morgan fingerprint density at radius 3 is 2.71 bits per heavy atom. The third-order valence-corrected chi connectivity index (χ3v) is 3.84. The van der Waals surface area contributed by atoms with E-state index in [0.29, 0.717) is 6.42 Å². The second-order valence-corrected chi connectivity index (χ2v) is 6.53. The average Bonchev–Trinajstić information content (AvgIpc) is 2.36. The van der Waals surface area contributed by atoms with Gasteiger partial charge in [-0.15, -0.1) is 0 Å². The molecule has 1 aliphatic heterocycles. The molecule has 116 valence electrons. The molecule has 7 heteroatoms. The van der Waals surface area contributed by atoms with Crippen molar-refractivity contribution >= 4 is 11.4 Å². The van der Waals surface area contributed by atoms with E-state index in [4.69, 9.17) is 0 Å². The van der Waals surface area contributed by atoms with Crippen LogP contribution in [0.5, 0.6) is 0 Å². The summed E-state index contributed by atoms with van der Waals surface area (Å²) >= 11 is 0. The molecule has 0 N–H and O–H groups in total. The van der Waals surface area contributed by atoms with Crippen LogP contribution < -0.4 is 4.90 Å². The van der Waals surface area contributed by atoms with Gasteiger partial charge in [-0.2, -0.15) is 0 Å². The lowest BCUT2D eigenvalue weighted by Gasteiger charge is -2.46. The van der Waals surface area contributed by atoms with Gasteiger partial charge in [0.05, 0.1) is 11.5 Å². The van der Waals surface area contributed by atoms with Crippen molar-refractivity contribution in [3.63, 3.8) is 0 Å². The SMILES string of the molecule is CC(C)(C)[C@@H]1CCC(F)(F)CN1c1ccncc1[N+](=O)[O-]. The second kappa shape index (κ2) is 5.20. The van der Waals surface area contributed by atoms with E-state index in [0.717, 1.165) is 6.20 Å². The van der Waals surface area contributed by atoms with Crippen molar-refractivity contribution in [3.8, 4) is 0 Å². The molecule has 1 saturated heterocycles. The predicted molar refractivity (Wildman–Crippen MR) is 75.7 cm³/mol. The number of nitrogens with zero attached hydrogens (tertiary/aromatic N) is 3. The third kappa shape index (κ3) is 3.28. The van der Waals surface area contributed by atoms with Gasteiger partial charge in [0.2, 0.25) is 0 Å². The Morgan fingerprint density at radius 1 is 1.48 bits per heavy atom. The zero-order chi connectivity index (χ0) is 15.8. The van der Waals surface area contributed by atoms with E-state index in [1.165, 1.54) is 17.2 Å². The van der Waals surface area contributed by atoms with E-state index in [9.17, 15) is 18.9 Å². The molecule has 5 nitrogen and oxygen atoms in total. The molecule has 1 aromatic heterocycles. The van der Waals surface area contributed by atoms with E-state index in [-0.39, 0.29) is 29.3 Å². The maximum Gasteiger partial charge on any atom is 0.310 e. The molecule has 0 amide bonds. The Hall–Kier alpha value is -1.79. The van der Waals surface area contributed by atoms with Gasteiger partial charge in [-0.3, -0.25) is 15.1 Å². The van der Waals surface area contributed by atoms with Gasteiger partial charge in [-0.05, 0) is 17.9 Å². The van der Waals surface area contributed by atoms with Crippen LogP contribution in [0.3, 0.4) is 0 Å². The highest BCUT2D eigenvalue weighted by molar-refractivity contribution is 5.63. The molecule has 0 aromatic carbocycles. The van der Waals surface area contributed by atoms with Gasteiger partial charge in [0.15, 0.2) is 0 Å². The number of rotatable bonds is 2. The minimum atomic E-state index is -2.83. The summed E-state index contributed by atoms with van der Waals surface area (Å²) in [6.07, 6.45) is 2.62. The standard InChI is InChI=1S/C14H19F2N3O2/c1-13(2,3)12-4-6-14(15,16)9-18(12)10-5-7-17-8-11(10)19(20)21/h5,7-8,12H,4,6,9H2,1-3H3/t12-/m0/s1. The van der Waals surface area contributed by atoms with Gasteiger partial charge >= 0.3 is 5.69 Å². The van der Waals surface area contributed by atoms with Gasteiger partial charge in [-0.25, -0.2) is 8.78 Å². The Balaban J connectivity index is 2.48. The van der Waals surface area contributed by atoms with Crippen molar-refractivity contribution in [2.45, 2.75) is 45.6 Å². The van der Waals surface area contributed by atoms with E-state index in [2.05, 4.69) is 4.98 Å². The summed E-state index contributed by atoms with van der Waals surface area (Å²) in [6, 6.07) is 1.26. The summed E-state index contributed by atoms with van der Waals surface area (Å²) in [4.78, 5) is 15.8. The van der Waals surface area contributed by atoms with Gasteiger partial charge in [0.1, 0.15) is 11.9 Å². The molecule has 0 bridgehead atoms. The number of pyridine rings is 1. The molecule has 0 aliphatic carbocycles. The van der Waals surface area contributed by atoms with Crippen LogP contribution in [-0.2, 0) is 0 Å². The van der Waals surface area contributed by atoms with Gasteiger partial charge < -0.3 is 4.90 Å². The maximum atomic E-state index is 13.8. The third-order valence-electron chi connectivity index (χ3n) is 3.84. The van der Waals surface area contributed by atoms with Crippen LogP contribution in [0.25, 0.3) is 0 Å². The first-order valence-corrected chi connectivity index (χ1v) is 6.85. The van der Waals surface area contributed by atoms with Crippen molar-refractivity contribution in [2.24, 2.45) is 5.41 Å². The zero-order valence-corrected chi connectivity index (χ0v) is 12.3. The highest BCUT2D eigenvalue weighted by Gasteiger charge is 2.45. The van der Waals surface area contributed by atoms with E-state index >= 15 is 0 Å². The Labute approximate surface area is 122 Å². The normalized spacial score (nSPS) is 22.1. The fourth-order valence-electron chi connectivity index (χ4n) is 2.86. The minimum absolute atomic E-state index is 0.182. The largest absolute Gasteiger partial charge is 0.356 e. The zero-order valence-electron chi connectivity index (χ0n) is 12.3. The smallest absolute Gasteiger partial charge is 0.310 e. The van der Waals surface area contributed by atoms with Gasteiger partial charge in [0.25, 0.3) is 5.92 Å². The minimum Gasteiger partial charge on any atom is -0.356 e. The molecule has 1 aromatic rings. The first-order valence-electron chi connectivity index (χ1n) is 6.85. The molecule has 0 spiro atoms. The lowest BCUT2D eigenvalue weighted by atomic mass is 9.79. The summed E-state index contributed by atoms with van der Waals surface area (Å²) in [7, 11) is 0. The second-order valence-electron chi connectivity index (χ2n) is 6.53. The van der Waals surface area contributed by atoms with Crippen LogP contribution in [-0.4, -0.2) is 28.4 Å².